The minimum Gasteiger partial charge on any atom is -0.507 e. The molecule has 21 heavy (non-hydrogen) atoms. The van der Waals surface area contributed by atoms with Gasteiger partial charge in [-0.2, -0.15) is 0 Å². The number of allylic oxidation sites excluding steroid dienone is 4. The van der Waals surface area contributed by atoms with E-state index >= 15 is 0 Å². The Balaban J connectivity index is 2.39. The average molecular weight is 362 g/mol. The van der Waals surface area contributed by atoms with Gasteiger partial charge < -0.3 is 5.11 Å². The van der Waals surface area contributed by atoms with Crippen molar-refractivity contribution in [2.75, 3.05) is 0 Å². The second-order valence-corrected chi connectivity index (χ2v) is 10.8. The molecular weight excluding hydrogens is 346 g/mol. The predicted molar refractivity (Wildman–Crippen MR) is 91.5 cm³/mol. The molecule has 5 heteroatoms. The SMILES string of the molecule is CC[Si]1(CC)C2=CC(=O)C=CC2=Nc2ccc(O)c(Br)c21. The number of halogens is 1. The van der Waals surface area contributed by atoms with Crippen LogP contribution in [0, 0.1) is 0 Å². The highest BCUT2D eigenvalue weighted by Crippen LogP contribution is 2.40. The van der Waals surface area contributed by atoms with E-state index < -0.39 is 8.07 Å². The second-order valence-electron chi connectivity index (χ2n) is 5.37. The first-order valence-electron chi connectivity index (χ1n) is 7.08. The Labute approximate surface area is 133 Å². The third-order valence-electron chi connectivity index (χ3n) is 4.51. The number of hydrogen-bond donors (Lipinski definition) is 1. The molecule has 1 aromatic rings. The molecule has 2 aliphatic rings. The van der Waals surface area contributed by atoms with Crippen molar-refractivity contribution in [1.82, 2.24) is 0 Å². The minimum atomic E-state index is -2.08. The molecule has 0 saturated carbocycles. The van der Waals surface area contributed by atoms with E-state index in [2.05, 4.69) is 29.8 Å². The Kier molecular flexibility index (Phi) is 3.49. The van der Waals surface area contributed by atoms with Gasteiger partial charge in [0, 0.05) is 0 Å². The number of phenolic OH excluding ortho intramolecular Hbond substituents is 1. The fourth-order valence-electron chi connectivity index (χ4n) is 3.35. The van der Waals surface area contributed by atoms with Crippen LogP contribution in [0.5, 0.6) is 5.75 Å². The highest BCUT2D eigenvalue weighted by Gasteiger charge is 2.44. The fourth-order valence-corrected chi connectivity index (χ4v) is 9.29. The lowest BCUT2D eigenvalue weighted by Crippen LogP contribution is -2.54. The van der Waals surface area contributed by atoms with Gasteiger partial charge in [-0.25, -0.2) is 4.99 Å². The molecule has 0 radical (unpaired) electrons. The molecule has 1 N–H and O–H groups in total. The molecule has 0 fully saturated rings. The normalized spacial score (nSPS) is 18.7. The summed E-state index contributed by atoms with van der Waals surface area (Å²) in [6.07, 6.45) is 5.15. The number of aliphatic imine (C=N–C) groups is 1. The average Bonchev–Trinajstić information content (AvgIpc) is 2.49. The molecule has 3 nitrogen and oxygen atoms in total. The summed E-state index contributed by atoms with van der Waals surface area (Å²) in [4.78, 5) is 16.5. The van der Waals surface area contributed by atoms with Crippen molar-refractivity contribution >= 4 is 46.4 Å². The number of rotatable bonds is 2. The number of hydrogen-bond acceptors (Lipinski definition) is 3. The number of carbonyl (C=O) groups is 1. The van der Waals surface area contributed by atoms with Crippen molar-refractivity contribution in [3.8, 4) is 5.75 Å². The van der Waals surface area contributed by atoms with Crippen LogP contribution in [0.4, 0.5) is 5.69 Å². The van der Waals surface area contributed by atoms with E-state index in [1.807, 2.05) is 12.1 Å². The van der Waals surface area contributed by atoms with Gasteiger partial charge in [-0.3, -0.25) is 4.79 Å². The van der Waals surface area contributed by atoms with Gasteiger partial charge in [-0.1, -0.05) is 25.9 Å². The highest BCUT2D eigenvalue weighted by molar-refractivity contribution is 9.10. The number of fused-ring (bicyclic) bond motifs is 2. The summed E-state index contributed by atoms with van der Waals surface area (Å²) in [5, 5.41) is 12.3. The standard InChI is InChI=1S/C16H16BrNO2Si/c1-3-21(4-2)14-9-10(19)5-6-11(14)18-12-7-8-13(20)15(17)16(12)21/h5-9,20H,3-4H2,1-2H3. The van der Waals surface area contributed by atoms with Crippen molar-refractivity contribution in [3.05, 3.63) is 40.0 Å². The Morgan fingerprint density at radius 1 is 1.24 bits per heavy atom. The van der Waals surface area contributed by atoms with Crippen molar-refractivity contribution in [2.24, 2.45) is 4.99 Å². The van der Waals surface area contributed by atoms with E-state index in [0.29, 0.717) is 0 Å². The summed E-state index contributed by atoms with van der Waals surface area (Å²) >= 11 is 3.54. The summed E-state index contributed by atoms with van der Waals surface area (Å²) in [5.74, 6) is 0.270. The van der Waals surface area contributed by atoms with E-state index in [1.54, 1.807) is 18.2 Å². The zero-order chi connectivity index (χ0) is 15.2. The van der Waals surface area contributed by atoms with Gasteiger partial charge >= 0.3 is 0 Å². The van der Waals surface area contributed by atoms with Crippen LogP contribution in [0.2, 0.25) is 12.1 Å². The van der Waals surface area contributed by atoms with Crippen LogP contribution >= 0.6 is 15.9 Å². The number of nitrogens with zero attached hydrogens (tertiary/aromatic N) is 1. The number of benzene rings is 1. The fraction of sp³-hybridized carbons (Fsp3) is 0.250. The molecule has 0 unspecified atom stereocenters. The smallest absolute Gasteiger partial charge is 0.178 e. The summed E-state index contributed by atoms with van der Waals surface area (Å²) in [6, 6.07) is 5.50. The van der Waals surface area contributed by atoms with Crippen LogP contribution in [0.3, 0.4) is 0 Å². The first-order chi connectivity index (χ1) is 10.0. The Bertz CT molecular complexity index is 730. The van der Waals surface area contributed by atoms with Gasteiger partial charge in [0.2, 0.25) is 0 Å². The minimum absolute atomic E-state index is 0.0300. The van der Waals surface area contributed by atoms with Crippen LogP contribution in [0.1, 0.15) is 13.8 Å². The van der Waals surface area contributed by atoms with E-state index in [-0.39, 0.29) is 11.5 Å². The lowest BCUT2D eigenvalue weighted by molar-refractivity contribution is -0.110. The first kappa shape index (κ1) is 14.5. The summed E-state index contributed by atoms with van der Waals surface area (Å²) in [7, 11) is -2.08. The Morgan fingerprint density at radius 2 is 1.95 bits per heavy atom. The Hall–Kier alpha value is -1.46. The number of phenols is 1. The van der Waals surface area contributed by atoms with Gasteiger partial charge in [-0.05, 0) is 56.7 Å². The van der Waals surface area contributed by atoms with Crippen LogP contribution in [-0.2, 0) is 4.79 Å². The van der Waals surface area contributed by atoms with Crippen LogP contribution < -0.4 is 5.19 Å². The van der Waals surface area contributed by atoms with Gasteiger partial charge in [0.25, 0.3) is 0 Å². The third-order valence-corrected chi connectivity index (χ3v) is 11.0. The highest BCUT2D eigenvalue weighted by atomic mass is 79.9. The maximum atomic E-state index is 11.8. The largest absolute Gasteiger partial charge is 0.507 e. The summed E-state index contributed by atoms with van der Waals surface area (Å²) in [6.45, 7) is 4.34. The van der Waals surface area contributed by atoms with Gasteiger partial charge in [-0.15, -0.1) is 0 Å². The van der Waals surface area contributed by atoms with Gasteiger partial charge in [0.05, 0.1) is 15.9 Å². The molecule has 3 rings (SSSR count). The monoisotopic (exact) mass is 361 g/mol. The Morgan fingerprint density at radius 3 is 2.62 bits per heavy atom. The number of aromatic hydroxyl groups is 1. The van der Waals surface area contributed by atoms with E-state index in [0.717, 1.165) is 38.3 Å². The molecule has 0 spiro atoms. The van der Waals surface area contributed by atoms with Crippen molar-refractivity contribution in [1.29, 1.82) is 0 Å². The molecule has 0 atom stereocenters. The second kappa shape index (κ2) is 5.07. The molecule has 0 amide bonds. The molecule has 1 heterocycles. The number of ketones is 1. The number of carbonyl (C=O) groups excluding carboxylic acids is 1. The lowest BCUT2D eigenvalue weighted by atomic mass is 10.1. The predicted octanol–water partition coefficient (Wildman–Crippen LogP) is 3.54. The zero-order valence-electron chi connectivity index (χ0n) is 12.0. The topological polar surface area (TPSA) is 49.7 Å². The maximum absolute atomic E-state index is 11.8. The van der Waals surface area contributed by atoms with Crippen LogP contribution in [0.15, 0.2) is 45.0 Å². The molecular formula is C16H16BrNO2Si. The van der Waals surface area contributed by atoms with Gasteiger partial charge in [0.15, 0.2) is 5.78 Å². The molecule has 1 aromatic carbocycles. The molecule has 1 aliphatic carbocycles. The van der Waals surface area contributed by atoms with Crippen LogP contribution in [0.25, 0.3) is 0 Å². The van der Waals surface area contributed by atoms with Crippen molar-refractivity contribution in [3.63, 3.8) is 0 Å². The summed E-state index contributed by atoms with van der Waals surface area (Å²) < 4.78 is 0.737. The quantitative estimate of drug-likeness (QED) is 0.646. The summed E-state index contributed by atoms with van der Waals surface area (Å²) in [5.41, 5.74) is 1.83. The maximum Gasteiger partial charge on any atom is 0.178 e. The first-order valence-corrected chi connectivity index (χ1v) is 10.3. The molecule has 0 saturated heterocycles. The van der Waals surface area contributed by atoms with E-state index in [9.17, 15) is 9.90 Å². The van der Waals surface area contributed by atoms with Gasteiger partial charge in [0.1, 0.15) is 13.8 Å². The zero-order valence-corrected chi connectivity index (χ0v) is 14.6. The van der Waals surface area contributed by atoms with E-state index in [1.165, 1.54) is 0 Å². The molecule has 0 aromatic heterocycles. The lowest BCUT2D eigenvalue weighted by Gasteiger charge is -2.38. The van der Waals surface area contributed by atoms with Crippen LogP contribution in [-0.4, -0.2) is 24.7 Å². The third kappa shape index (κ3) is 1.98. The van der Waals surface area contributed by atoms with Crippen molar-refractivity contribution in [2.45, 2.75) is 25.9 Å². The molecule has 0 bridgehead atoms. The molecule has 108 valence electrons. The van der Waals surface area contributed by atoms with E-state index in [4.69, 9.17) is 4.99 Å². The molecule has 1 aliphatic heterocycles. The van der Waals surface area contributed by atoms with Crippen molar-refractivity contribution < 1.29 is 9.90 Å².